The second kappa shape index (κ2) is 7.37. The van der Waals surface area contributed by atoms with Crippen LogP contribution in [0.25, 0.3) is 0 Å². The molecular formula is C21H20F3NO3. The summed E-state index contributed by atoms with van der Waals surface area (Å²) in [5, 5.41) is 0. The van der Waals surface area contributed by atoms with Crippen molar-refractivity contribution in [2.75, 3.05) is 19.9 Å². The number of carbonyl (C=O) groups is 1. The zero-order valence-electron chi connectivity index (χ0n) is 15.2. The first-order valence-electron chi connectivity index (χ1n) is 9.23. The van der Waals surface area contributed by atoms with Gasteiger partial charge in [0.2, 0.25) is 12.7 Å². The molecule has 148 valence electrons. The molecule has 0 aliphatic carbocycles. The van der Waals surface area contributed by atoms with Crippen LogP contribution >= 0.6 is 0 Å². The van der Waals surface area contributed by atoms with E-state index in [0.717, 1.165) is 41.2 Å². The largest absolute Gasteiger partial charge is 0.454 e. The SMILES string of the molecule is O=C(CCc1ccc(C(F)(F)F)cc1)N1CC[C@H](c2ccc3c(c2)OCO3)C1. The minimum atomic E-state index is -4.34. The highest BCUT2D eigenvalue weighted by atomic mass is 19.4. The van der Waals surface area contributed by atoms with Gasteiger partial charge in [-0.2, -0.15) is 13.2 Å². The summed E-state index contributed by atoms with van der Waals surface area (Å²) in [4.78, 5) is 14.3. The number of fused-ring (bicyclic) bond motifs is 1. The maximum absolute atomic E-state index is 12.6. The van der Waals surface area contributed by atoms with Gasteiger partial charge in [-0.15, -0.1) is 0 Å². The molecule has 2 heterocycles. The van der Waals surface area contributed by atoms with Crippen LogP contribution in [0.3, 0.4) is 0 Å². The molecule has 7 heteroatoms. The van der Waals surface area contributed by atoms with Crippen molar-refractivity contribution in [1.82, 2.24) is 4.90 Å². The Hall–Kier alpha value is -2.70. The van der Waals surface area contributed by atoms with Gasteiger partial charge in [0.25, 0.3) is 0 Å². The van der Waals surface area contributed by atoms with Crippen LogP contribution in [0.5, 0.6) is 11.5 Å². The summed E-state index contributed by atoms with van der Waals surface area (Å²) in [6, 6.07) is 10.9. The Bertz CT molecular complexity index is 864. The van der Waals surface area contributed by atoms with E-state index in [2.05, 4.69) is 0 Å². The van der Waals surface area contributed by atoms with E-state index in [1.165, 1.54) is 12.1 Å². The number of benzene rings is 2. The van der Waals surface area contributed by atoms with Gasteiger partial charge in [-0.3, -0.25) is 4.79 Å². The predicted molar refractivity (Wildman–Crippen MR) is 96.3 cm³/mol. The van der Waals surface area contributed by atoms with E-state index in [1.54, 1.807) is 0 Å². The molecule has 0 aromatic heterocycles. The molecule has 2 aromatic rings. The Labute approximate surface area is 160 Å². The van der Waals surface area contributed by atoms with Crippen molar-refractivity contribution >= 4 is 5.91 Å². The van der Waals surface area contributed by atoms with Gasteiger partial charge in [0.15, 0.2) is 11.5 Å². The van der Waals surface area contributed by atoms with Crippen LogP contribution in [0, 0.1) is 0 Å². The molecule has 2 aromatic carbocycles. The van der Waals surface area contributed by atoms with E-state index >= 15 is 0 Å². The van der Waals surface area contributed by atoms with Gasteiger partial charge in [0.05, 0.1) is 5.56 Å². The first kappa shape index (κ1) is 18.7. The highest BCUT2D eigenvalue weighted by Gasteiger charge is 2.30. The number of nitrogens with zero attached hydrogens (tertiary/aromatic N) is 1. The van der Waals surface area contributed by atoms with E-state index in [9.17, 15) is 18.0 Å². The van der Waals surface area contributed by atoms with Gasteiger partial charge in [0, 0.05) is 25.4 Å². The quantitative estimate of drug-likeness (QED) is 0.776. The van der Waals surface area contributed by atoms with Crippen molar-refractivity contribution in [1.29, 1.82) is 0 Å². The van der Waals surface area contributed by atoms with Crippen molar-refractivity contribution in [3.63, 3.8) is 0 Å². The molecule has 2 aliphatic rings. The minimum Gasteiger partial charge on any atom is -0.454 e. The minimum absolute atomic E-state index is 0.0307. The zero-order valence-corrected chi connectivity index (χ0v) is 15.2. The number of carbonyl (C=O) groups excluding carboxylic acids is 1. The lowest BCUT2D eigenvalue weighted by atomic mass is 9.98. The Morgan fingerprint density at radius 3 is 2.57 bits per heavy atom. The van der Waals surface area contributed by atoms with Gasteiger partial charge in [0.1, 0.15) is 0 Å². The molecule has 1 atom stereocenters. The molecule has 0 saturated carbocycles. The van der Waals surface area contributed by atoms with E-state index in [1.807, 2.05) is 23.1 Å². The van der Waals surface area contributed by atoms with E-state index in [0.29, 0.717) is 25.9 Å². The number of rotatable bonds is 4. The molecule has 1 fully saturated rings. The summed E-state index contributed by atoms with van der Waals surface area (Å²) in [5.41, 5.74) is 1.18. The first-order valence-corrected chi connectivity index (χ1v) is 9.23. The molecule has 0 N–H and O–H groups in total. The number of ether oxygens (including phenoxy) is 2. The fourth-order valence-corrected chi connectivity index (χ4v) is 3.70. The van der Waals surface area contributed by atoms with Crippen LogP contribution in [-0.2, 0) is 17.4 Å². The molecule has 4 rings (SSSR count). The van der Waals surface area contributed by atoms with Crippen molar-refractivity contribution in [3.05, 3.63) is 59.2 Å². The average molecular weight is 391 g/mol. The van der Waals surface area contributed by atoms with Gasteiger partial charge in [-0.05, 0) is 48.2 Å². The summed E-state index contributed by atoms with van der Waals surface area (Å²) >= 11 is 0. The summed E-state index contributed by atoms with van der Waals surface area (Å²) < 4.78 is 48.6. The lowest BCUT2D eigenvalue weighted by molar-refractivity contribution is -0.137. The first-order chi connectivity index (χ1) is 13.4. The average Bonchev–Trinajstić information content (AvgIpc) is 3.34. The molecule has 1 saturated heterocycles. The second-order valence-electron chi connectivity index (χ2n) is 7.13. The highest BCUT2D eigenvalue weighted by Crippen LogP contribution is 2.37. The molecule has 4 nitrogen and oxygen atoms in total. The number of likely N-dealkylation sites (tertiary alicyclic amines) is 1. The molecule has 0 spiro atoms. The molecule has 0 radical (unpaired) electrons. The Kier molecular flexibility index (Phi) is 4.91. The van der Waals surface area contributed by atoms with Crippen LogP contribution < -0.4 is 9.47 Å². The lowest BCUT2D eigenvalue weighted by Gasteiger charge is -2.17. The number of hydrogen-bond acceptors (Lipinski definition) is 3. The fourth-order valence-electron chi connectivity index (χ4n) is 3.70. The highest BCUT2D eigenvalue weighted by molar-refractivity contribution is 5.77. The molecule has 1 amide bonds. The van der Waals surface area contributed by atoms with E-state index in [-0.39, 0.29) is 18.6 Å². The number of alkyl halides is 3. The maximum Gasteiger partial charge on any atom is 0.416 e. The Morgan fingerprint density at radius 2 is 1.82 bits per heavy atom. The summed E-state index contributed by atoms with van der Waals surface area (Å²) in [7, 11) is 0. The summed E-state index contributed by atoms with van der Waals surface area (Å²) in [6.07, 6.45) is -2.74. The predicted octanol–water partition coefficient (Wildman–Crippen LogP) is 4.38. The number of aryl methyl sites for hydroxylation is 1. The van der Waals surface area contributed by atoms with Gasteiger partial charge in [-0.1, -0.05) is 18.2 Å². The monoisotopic (exact) mass is 391 g/mol. The smallest absolute Gasteiger partial charge is 0.416 e. The normalized spacial score (nSPS) is 18.5. The second-order valence-corrected chi connectivity index (χ2v) is 7.13. The summed E-state index contributed by atoms with van der Waals surface area (Å²) in [5.74, 6) is 1.77. The molecule has 0 unspecified atom stereocenters. The Morgan fingerprint density at radius 1 is 1.07 bits per heavy atom. The van der Waals surface area contributed by atoms with Gasteiger partial charge >= 0.3 is 6.18 Å². The van der Waals surface area contributed by atoms with Crippen molar-refractivity contribution in [2.45, 2.75) is 31.4 Å². The summed E-state index contributed by atoms with van der Waals surface area (Å²) in [6.45, 7) is 1.56. The van der Waals surface area contributed by atoms with Gasteiger partial charge in [-0.25, -0.2) is 0 Å². The Balaban J connectivity index is 1.31. The standard InChI is InChI=1S/C21H20F3NO3/c22-21(23,24)17-5-1-14(2-6-17)3-8-20(26)25-10-9-16(12-25)15-4-7-18-19(11-15)28-13-27-18/h1-2,4-7,11,16H,3,8-10,12-13H2/t16-/m0/s1. The third-order valence-electron chi connectivity index (χ3n) is 5.32. The van der Waals surface area contributed by atoms with Crippen LogP contribution in [-0.4, -0.2) is 30.7 Å². The topological polar surface area (TPSA) is 38.8 Å². The molecule has 2 aliphatic heterocycles. The fraction of sp³-hybridized carbons (Fsp3) is 0.381. The van der Waals surface area contributed by atoms with Crippen molar-refractivity contribution in [3.8, 4) is 11.5 Å². The number of hydrogen-bond donors (Lipinski definition) is 0. The van der Waals surface area contributed by atoms with Crippen LogP contribution in [0.1, 0.15) is 35.4 Å². The third-order valence-corrected chi connectivity index (χ3v) is 5.32. The third kappa shape index (κ3) is 3.93. The van der Waals surface area contributed by atoms with Crippen LogP contribution in [0.4, 0.5) is 13.2 Å². The van der Waals surface area contributed by atoms with E-state index in [4.69, 9.17) is 9.47 Å². The number of halogens is 3. The van der Waals surface area contributed by atoms with Crippen molar-refractivity contribution in [2.24, 2.45) is 0 Å². The molecule has 28 heavy (non-hydrogen) atoms. The van der Waals surface area contributed by atoms with Gasteiger partial charge < -0.3 is 14.4 Å². The maximum atomic E-state index is 12.6. The van der Waals surface area contributed by atoms with Crippen LogP contribution in [0.2, 0.25) is 0 Å². The number of amides is 1. The zero-order chi connectivity index (χ0) is 19.7. The molecule has 0 bridgehead atoms. The van der Waals surface area contributed by atoms with E-state index < -0.39 is 11.7 Å². The lowest BCUT2D eigenvalue weighted by Crippen LogP contribution is -2.28. The van der Waals surface area contributed by atoms with Crippen LogP contribution in [0.15, 0.2) is 42.5 Å². The van der Waals surface area contributed by atoms with Crippen molar-refractivity contribution < 1.29 is 27.4 Å². The molecular weight excluding hydrogens is 371 g/mol.